The summed E-state index contributed by atoms with van der Waals surface area (Å²) < 4.78 is 7.45. The summed E-state index contributed by atoms with van der Waals surface area (Å²) in [5.41, 5.74) is 5.30. The smallest absolute Gasteiger partial charge is 0.133 e. The minimum atomic E-state index is 0.555. The van der Waals surface area contributed by atoms with E-state index in [-0.39, 0.29) is 0 Å². The highest BCUT2D eigenvalue weighted by molar-refractivity contribution is 5.80. The molecule has 6 heteroatoms. The standard InChI is InChI=1S/C22H21N5O/c1-27-13-18(12-25-27)15-5-6-16(19(9-15)28-2)10-20-24-11-17-7-8-23-21(14-3-4-14)22(17)26-20/h5-9,11-14H,3-4,10H2,1-2H3. The number of fused-ring (bicyclic) bond motifs is 1. The van der Waals surface area contributed by atoms with E-state index in [0.717, 1.165) is 44.9 Å². The maximum atomic E-state index is 5.65. The van der Waals surface area contributed by atoms with E-state index in [4.69, 9.17) is 9.72 Å². The number of hydrogen-bond donors (Lipinski definition) is 0. The van der Waals surface area contributed by atoms with Crippen molar-refractivity contribution >= 4 is 10.9 Å². The first-order valence-corrected chi connectivity index (χ1v) is 9.48. The molecule has 3 aromatic heterocycles. The Bertz CT molecular complexity index is 1160. The lowest BCUT2D eigenvalue weighted by Crippen LogP contribution is -2.01. The van der Waals surface area contributed by atoms with Gasteiger partial charge in [0.15, 0.2) is 0 Å². The molecule has 0 atom stereocenters. The predicted octanol–water partition coefficient (Wildman–Crippen LogP) is 3.90. The lowest BCUT2D eigenvalue weighted by atomic mass is 10.0. The highest BCUT2D eigenvalue weighted by Crippen LogP contribution is 2.41. The van der Waals surface area contributed by atoms with Gasteiger partial charge in [-0.1, -0.05) is 12.1 Å². The SMILES string of the molecule is COc1cc(-c2cnn(C)c2)ccc1Cc1ncc2ccnc(C3CC3)c2n1. The second-order valence-electron chi connectivity index (χ2n) is 7.30. The van der Waals surface area contributed by atoms with Gasteiger partial charge in [-0.15, -0.1) is 0 Å². The molecule has 1 aliphatic carbocycles. The molecule has 4 aromatic rings. The van der Waals surface area contributed by atoms with Crippen LogP contribution in [0.2, 0.25) is 0 Å². The van der Waals surface area contributed by atoms with Gasteiger partial charge >= 0.3 is 0 Å². The molecular weight excluding hydrogens is 350 g/mol. The molecule has 5 rings (SSSR count). The molecule has 0 saturated heterocycles. The van der Waals surface area contributed by atoms with Crippen molar-refractivity contribution in [2.24, 2.45) is 7.05 Å². The Morgan fingerprint density at radius 2 is 2.00 bits per heavy atom. The van der Waals surface area contributed by atoms with Crippen molar-refractivity contribution < 1.29 is 4.74 Å². The normalized spacial score (nSPS) is 13.8. The number of nitrogens with zero attached hydrogens (tertiary/aromatic N) is 5. The Morgan fingerprint density at radius 3 is 2.75 bits per heavy atom. The van der Waals surface area contributed by atoms with Gasteiger partial charge in [0.05, 0.1) is 24.5 Å². The van der Waals surface area contributed by atoms with Crippen LogP contribution < -0.4 is 4.74 Å². The summed E-state index contributed by atoms with van der Waals surface area (Å²) in [6.45, 7) is 0. The molecule has 0 unspecified atom stereocenters. The summed E-state index contributed by atoms with van der Waals surface area (Å²) in [6.07, 6.45) is 10.6. The summed E-state index contributed by atoms with van der Waals surface area (Å²) in [5, 5.41) is 5.30. The van der Waals surface area contributed by atoms with E-state index in [1.165, 1.54) is 12.8 Å². The minimum Gasteiger partial charge on any atom is -0.496 e. The number of hydrogen-bond acceptors (Lipinski definition) is 5. The molecule has 0 bridgehead atoms. The number of ether oxygens (including phenoxy) is 1. The molecular formula is C22H21N5O. The molecule has 6 nitrogen and oxygen atoms in total. The zero-order valence-electron chi connectivity index (χ0n) is 16.0. The average molecular weight is 371 g/mol. The fourth-order valence-corrected chi connectivity index (χ4v) is 3.57. The fourth-order valence-electron chi connectivity index (χ4n) is 3.57. The lowest BCUT2D eigenvalue weighted by Gasteiger charge is -2.11. The molecule has 1 saturated carbocycles. The van der Waals surface area contributed by atoms with Crippen molar-refractivity contribution in [1.82, 2.24) is 24.7 Å². The van der Waals surface area contributed by atoms with Crippen molar-refractivity contribution in [3.8, 4) is 16.9 Å². The molecule has 0 N–H and O–H groups in total. The van der Waals surface area contributed by atoms with E-state index in [9.17, 15) is 0 Å². The molecule has 140 valence electrons. The van der Waals surface area contributed by atoms with Crippen molar-refractivity contribution in [3.05, 3.63) is 66.1 Å². The van der Waals surface area contributed by atoms with E-state index in [1.54, 1.807) is 11.8 Å². The maximum absolute atomic E-state index is 5.65. The second-order valence-corrected chi connectivity index (χ2v) is 7.30. The molecule has 28 heavy (non-hydrogen) atoms. The number of rotatable bonds is 5. The van der Waals surface area contributed by atoms with Gasteiger partial charge in [0.2, 0.25) is 0 Å². The molecule has 1 fully saturated rings. The van der Waals surface area contributed by atoms with Crippen molar-refractivity contribution in [3.63, 3.8) is 0 Å². The number of pyridine rings is 1. The topological polar surface area (TPSA) is 65.7 Å². The van der Waals surface area contributed by atoms with Gasteiger partial charge in [-0.3, -0.25) is 9.67 Å². The zero-order chi connectivity index (χ0) is 19.1. The molecule has 0 amide bonds. The van der Waals surface area contributed by atoms with Gasteiger partial charge in [-0.05, 0) is 30.5 Å². The monoisotopic (exact) mass is 371 g/mol. The van der Waals surface area contributed by atoms with Crippen LogP contribution in [0.1, 0.15) is 35.8 Å². The van der Waals surface area contributed by atoms with E-state index >= 15 is 0 Å². The van der Waals surface area contributed by atoms with Crippen molar-refractivity contribution in [1.29, 1.82) is 0 Å². The lowest BCUT2D eigenvalue weighted by molar-refractivity contribution is 0.410. The van der Waals surface area contributed by atoms with Gasteiger partial charge in [0.25, 0.3) is 0 Å². The summed E-state index contributed by atoms with van der Waals surface area (Å²) in [5.74, 6) is 2.17. The number of aryl methyl sites for hydroxylation is 1. The van der Waals surface area contributed by atoms with Crippen LogP contribution in [0.15, 0.2) is 49.1 Å². The molecule has 0 aliphatic heterocycles. The Morgan fingerprint density at radius 1 is 1.11 bits per heavy atom. The van der Waals surface area contributed by atoms with Crippen LogP contribution in [0.3, 0.4) is 0 Å². The Balaban J connectivity index is 1.49. The van der Waals surface area contributed by atoms with Crippen LogP contribution in [-0.2, 0) is 13.5 Å². The Labute approximate surface area is 163 Å². The van der Waals surface area contributed by atoms with Crippen LogP contribution in [0, 0.1) is 0 Å². The first kappa shape index (κ1) is 16.9. The third kappa shape index (κ3) is 3.11. The highest BCUT2D eigenvalue weighted by atomic mass is 16.5. The van der Waals surface area contributed by atoms with E-state index in [2.05, 4.69) is 27.2 Å². The van der Waals surface area contributed by atoms with Crippen LogP contribution in [-0.4, -0.2) is 31.8 Å². The van der Waals surface area contributed by atoms with Gasteiger partial charge < -0.3 is 4.74 Å². The Hall–Kier alpha value is -3.28. The molecule has 1 aromatic carbocycles. The summed E-state index contributed by atoms with van der Waals surface area (Å²) in [6, 6.07) is 8.20. The van der Waals surface area contributed by atoms with Crippen LogP contribution in [0.5, 0.6) is 5.75 Å². The first-order valence-electron chi connectivity index (χ1n) is 9.48. The number of benzene rings is 1. The zero-order valence-corrected chi connectivity index (χ0v) is 16.0. The first-order chi connectivity index (χ1) is 13.7. The maximum Gasteiger partial charge on any atom is 0.133 e. The van der Waals surface area contributed by atoms with E-state index in [1.807, 2.05) is 44.0 Å². The fraction of sp³-hybridized carbons (Fsp3) is 0.273. The van der Waals surface area contributed by atoms with Crippen molar-refractivity contribution in [2.45, 2.75) is 25.2 Å². The van der Waals surface area contributed by atoms with Gasteiger partial charge in [0, 0.05) is 54.5 Å². The van der Waals surface area contributed by atoms with Crippen LogP contribution >= 0.6 is 0 Å². The largest absolute Gasteiger partial charge is 0.496 e. The summed E-state index contributed by atoms with van der Waals surface area (Å²) >= 11 is 0. The van der Waals surface area contributed by atoms with Gasteiger partial charge in [-0.25, -0.2) is 9.97 Å². The molecule has 1 aliphatic rings. The molecule has 0 spiro atoms. The van der Waals surface area contributed by atoms with E-state index in [0.29, 0.717) is 12.3 Å². The highest BCUT2D eigenvalue weighted by Gasteiger charge is 2.27. The predicted molar refractivity (Wildman–Crippen MR) is 107 cm³/mol. The summed E-state index contributed by atoms with van der Waals surface area (Å²) in [7, 11) is 3.61. The van der Waals surface area contributed by atoms with Gasteiger partial charge in [0.1, 0.15) is 11.6 Å². The van der Waals surface area contributed by atoms with Crippen molar-refractivity contribution in [2.75, 3.05) is 7.11 Å². The van der Waals surface area contributed by atoms with E-state index < -0.39 is 0 Å². The average Bonchev–Trinajstić information content (AvgIpc) is 3.48. The number of methoxy groups -OCH3 is 1. The quantitative estimate of drug-likeness (QED) is 0.532. The molecule has 0 radical (unpaired) electrons. The third-order valence-electron chi connectivity index (χ3n) is 5.22. The molecule has 3 heterocycles. The van der Waals surface area contributed by atoms with Crippen LogP contribution in [0.25, 0.3) is 22.0 Å². The Kier molecular flexibility index (Phi) is 4.04. The summed E-state index contributed by atoms with van der Waals surface area (Å²) in [4.78, 5) is 14.0. The third-order valence-corrected chi connectivity index (χ3v) is 5.22. The second kappa shape index (κ2) is 6.71. The van der Waals surface area contributed by atoms with Gasteiger partial charge in [-0.2, -0.15) is 5.10 Å². The number of aromatic nitrogens is 5. The van der Waals surface area contributed by atoms with Crippen LogP contribution in [0.4, 0.5) is 0 Å². The minimum absolute atomic E-state index is 0.555.